The monoisotopic (exact) mass is 1040 g/mol. The highest BCUT2D eigenvalue weighted by Gasteiger charge is 2.56. The predicted molar refractivity (Wildman–Crippen MR) is 251 cm³/mol. The molecule has 2 amide bonds. The van der Waals surface area contributed by atoms with E-state index in [9.17, 15) is 29.4 Å². The van der Waals surface area contributed by atoms with E-state index in [1.54, 1.807) is 60.7 Å². The van der Waals surface area contributed by atoms with Crippen LogP contribution in [-0.2, 0) is 41.1 Å². The lowest BCUT2D eigenvalue weighted by Gasteiger charge is -2.40. The summed E-state index contributed by atoms with van der Waals surface area (Å²) in [5.74, 6) is -0.938. The first-order chi connectivity index (χ1) is 33.9. The first kappa shape index (κ1) is 51.4. The average molecular weight is 1040 g/mol. The number of aliphatic hydroxyl groups is 1. The molecule has 0 bridgehead atoms. The average Bonchev–Trinajstić information content (AvgIpc) is 4.12. The van der Waals surface area contributed by atoms with Crippen LogP contribution in [0.1, 0.15) is 60.4 Å². The fourth-order valence-corrected chi connectivity index (χ4v) is 10.7. The molecule has 2 aliphatic rings. The third kappa shape index (κ3) is 11.1. The summed E-state index contributed by atoms with van der Waals surface area (Å²) in [6.45, 7) is 7.85. The number of phosphoric ester groups is 1. The number of rotatable bonds is 19. The number of nitriles is 1. The first-order valence-corrected chi connectivity index (χ1v) is 27.5. The molecule has 2 saturated heterocycles. The summed E-state index contributed by atoms with van der Waals surface area (Å²) in [6, 6.07) is 18.6. The van der Waals surface area contributed by atoms with Gasteiger partial charge in [-0.05, 0) is 42.4 Å². The van der Waals surface area contributed by atoms with Gasteiger partial charge < -0.3 is 29.6 Å². The second-order valence-corrected chi connectivity index (χ2v) is 24.8. The Labute approximate surface area is 406 Å². The number of halogens is 1. The highest BCUT2D eigenvalue weighted by Crippen LogP contribution is 2.56. The van der Waals surface area contributed by atoms with Crippen LogP contribution in [0.4, 0.5) is 16.0 Å². The maximum absolute atomic E-state index is 16.6. The van der Waals surface area contributed by atoms with Gasteiger partial charge in [-0.2, -0.15) is 5.26 Å². The molecule has 71 heavy (non-hydrogen) atoms. The molecule has 0 saturated carbocycles. The molecule has 6 aromatic rings. The van der Waals surface area contributed by atoms with Gasteiger partial charge in [0.1, 0.15) is 37.1 Å². The number of fused-ring (bicyclic) bond motifs is 2. The molecule has 10 atom stereocenters. The number of nitrogens with zero attached hydrogens (tertiary/aromatic N) is 9. The number of carbonyl (C=O) groups excluding carboxylic acids is 2. The normalized spacial score (nSPS) is 23.6. The maximum atomic E-state index is 16.6. The Hall–Kier alpha value is -5.91. The van der Waals surface area contributed by atoms with E-state index in [-0.39, 0.29) is 40.4 Å². The lowest BCUT2D eigenvalue weighted by Crippen LogP contribution is -2.50. The lowest BCUT2D eigenvalue weighted by atomic mass is 10.1. The van der Waals surface area contributed by atoms with E-state index < -0.39 is 110 Å². The Balaban J connectivity index is 1.10. The van der Waals surface area contributed by atoms with Crippen molar-refractivity contribution >= 4 is 70.2 Å². The molecule has 2 fully saturated rings. The van der Waals surface area contributed by atoms with Crippen molar-refractivity contribution in [1.29, 1.82) is 5.26 Å². The summed E-state index contributed by atoms with van der Waals surface area (Å²) in [7, 11) is -11.3. The van der Waals surface area contributed by atoms with E-state index in [0.29, 0.717) is 11.1 Å². The van der Waals surface area contributed by atoms with Crippen molar-refractivity contribution in [2.24, 2.45) is 0 Å². The van der Waals surface area contributed by atoms with E-state index >= 15 is 8.96 Å². The summed E-state index contributed by atoms with van der Waals surface area (Å²) >= 11 is 0. The molecule has 28 heteroatoms. The Kier molecular flexibility index (Phi) is 15.5. The summed E-state index contributed by atoms with van der Waals surface area (Å²) in [5, 5.41) is 25.2. The number of alkyl halides is 1. The zero-order chi connectivity index (χ0) is 50.7. The van der Waals surface area contributed by atoms with Crippen LogP contribution in [0, 0.1) is 11.3 Å². The van der Waals surface area contributed by atoms with Crippen molar-refractivity contribution in [3.05, 3.63) is 97.1 Å². The topological polar surface area (TPSA) is 308 Å². The quantitative estimate of drug-likeness (QED) is 0.0401. The molecule has 374 valence electrons. The smallest absolute Gasteiger partial charge is 0.408 e. The van der Waals surface area contributed by atoms with Crippen LogP contribution in [0.15, 0.2) is 86.0 Å². The standard InChI is InChI=1S/C43H48FN11O13P2Si/c1-43(2,3)71(4,5)68-33-27(19-56)64-42(55-24-51-31-36(47-22-49-38(31)55)53-40(58)26-15-10-7-11-16-26)34(33)67-70(61,62-18-12-17-45)63-20-28-32(66-69(59)60)29(44)41(65-28)54-23-50-30-35(46-21-48-37(30)54)52-39(57)25-13-8-6-9-14-25/h6-11,13-16,21-24,27-29,32-34,41-42,56H,12,18-20H2,1-5H3,(H2-,46,47,48,49,52,53,57,58,59,60)/p+1/t27-,28-,29-,32-,33-,34-,41-,42-,70?/m1/s1. The molecular weight excluding hydrogens is 988 g/mol. The minimum atomic E-state index is -5.01. The summed E-state index contributed by atoms with van der Waals surface area (Å²) in [5.41, 5.74) is 0.978. The van der Waals surface area contributed by atoms with Gasteiger partial charge in [-0.1, -0.05) is 57.2 Å². The van der Waals surface area contributed by atoms with E-state index in [1.165, 1.54) is 17.2 Å². The molecule has 4 N–H and O–H groups in total. The fourth-order valence-electron chi connectivity index (χ4n) is 7.55. The van der Waals surface area contributed by atoms with Crippen molar-refractivity contribution in [3.8, 4) is 6.07 Å². The van der Waals surface area contributed by atoms with Gasteiger partial charge in [0.15, 0.2) is 67.0 Å². The highest BCUT2D eigenvalue weighted by atomic mass is 31.2. The number of aliphatic hydroxyl groups excluding tert-OH is 1. The molecule has 8 rings (SSSR count). The van der Waals surface area contributed by atoms with Gasteiger partial charge in [-0.25, -0.2) is 38.9 Å². The van der Waals surface area contributed by atoms with Crippen LogP contribution in [0.25, 0.3) is 22.3 Å². The largest absolute Gasteiger partial charge is 0.695 e. The minimum absolute atomic E-state index is 0.0000338. The number of nitrogens with one attached hydrogen (secondary N) is 2. The number of amides is 2. The highest BCUT2D eigenvalue weighted by molar-refractivity contribution is 7.48. The zero-order valence-electron chi connectivity index (χ0n) is 38.7. The van der Waals surface area contributed by atoms with Crippen molar-refractivity contribution in [2.45, 2.75) is 94.5 Å². The van der Waals surface area contributed by atoms with Gasteiger partial charge in [-0.15, -0.1) is 9.42 Å². The molecule has 24 nitrogen and oxygen atoms in total. The Bertz CT molecular complexity index is 2980. The van der Waals surface area contributed by atoms with Crippen molar-refractivity contribution in [1.82, 2.24) is 39.0 Å². The Morgan fingerprint density at radius 2 is 1.37 bits per heavy atom. The molecule has 0 radical (unpaired) electrons. The zero-order valence-corrected chi connectivity index (χ0v) is 41.5. The van der Waals surface area contributed by atoms with Crippen LogP contribution in [0.3, 0.4) is 0 Å². The number of ether oxygens (including phenoxy) is 2. The van der Waals surface area contributed by atoms with Crippen LogP contribution >= 0.6 is 16.1 Å². The van der Waals surface area contributed by atoms with Crippen LogP contribution in [0.2, 0.25) is 18.1 Å². The summed E-state index contributed by atoms with van der Waals surface area (Å²) in [6.07, 6.45) is -7.98. The molecule has 6 heterocycles. The molecule has 2 aromatic carbocycles. The van der Waals surface area contributed by atoms with Crippen LogP contribution < -0.4 is 10.6 Å². The Morgan fingerprint density at radius 3 is 1.87 bits per heavy atom. The third-order valence-corrected chi connectivity index (χ3v) is 18.5. The van der Waals surface area contributed by atoms with Gasteiger partial charge in [0.25, 0.3) is 11.8 Å². The number of phosphoric acid groups is 1. The minimum Gasteiger partial charge on any atom is -0.408 e. The van der Waals surface area contributed by atoms with Crippen LogP contribution in [-0.4, -0.2) is 126 Å². The van der Waals surface area contributed by atoms with E-state index in [0.717, 1.165) is 17.2 Å². The van der Waals surface area contributed by atoms with Crippen molar-refractivity contribution in [2.75, 3.05) is 30.5 Å². The number of hydrogen-bond acceptors (Lipinski definition) is 19. The first-order valence-electron chi connectivity index (χ1n) is 22.0. The molecular formula is C43H49FN11O13P2Si+. The van der Waals surface area contributed by atoms with Gasteiger partial charge in [0, 0.05) is 15.7 Å². The number of benzene rings is 2. The van der Waals surface area contributed by atoms with Crippen LogP contribution in [0.5, 0.6) is 0 Å². The number of hydrogen-bond donors (Lipinski definition) is 4. The van der Waals surface area contributed by atoms with Gasteiger partial charge >= 0.3 is 16.1 Å². The summed E-state index contributed by atoms with van der Waals surface area (Å²) < 4.78 is 88.9. The van der Waals surface area contributed by atoms with E-state index in [1.807, 2.05) is 39.9 Å². The van der Waals surface area contributed by atoms with E-state index in [2.05, 4.69) is 40.5 Å². The molecule has 2 unspecified atom stereocenters. The van der Waals surface area contributed by atoms with E-state index in [4.69, 9.17) is 32.0 Å². The molecule has 4 aromatic heterocycles. The van der Waals surface area contributed by atoms with Crippen molar-refractivity contribution in [3.63, 3.8) is 0 Å². The second kappa shape index (κ2) is 21.4. The maximum Gasteiger partial charge on any atom is 0.695 e. The van der Waals surface area contributed by atoms with Gasteiger partial charge in [0.2, 0.25) is 0 Å². The van der Waals surface area contributed by atoms with Gasteiger partial charge in [0.05, 0.1) is 45.0 Å². The lowest BCUT2D eigenvalue weighted by molar-refractivity contribution is -0.0615. The number of carbonyl (C=O) groups is 2. The van der Waals surface area contributed by atoms with Crippen molar-refractivity contribution < 1.29 is 65.1 Å². The second-order valence-electron chi connectivity index (χ2n) is 17.7. The summed E-state index contributed by atoms with van der Waals surface area (Å²) in [4.78, 5) is 61.8. The fraction of sp³-hybridized carbons (Fsp3) is 0.419. The molecule has 2 aliphatic heterocycles. The number of aromatic nitrogens is 8. The molecule has 0 aliphatic carbocycles. The molecule has 0 spiro atoms. The third-order valence-electron chi connectivity index (χ3n) is 12.1. The number of imidazole rings is 2. The SMILES string of the molecule is CC(C)(C)[Si](C)(C)O[C@H]1[C@@H](OP(=O)(OCCC#N)OC[C@H]2O[C@@H](n3cnc4c(NC(=O)c5ccccc5)ncnc43)[C@H](F)[C@@H]2O[P+](=O)O)[C@H](n2cnc3c(NC(=O)c4ccccc4)ncnc32)O[C@@H]1CO. The predicted octanol–water partition coefficient (Wildman–Crippen LogP) is 6.16. The number of anilines is 2. The Morgan fingerprint density at radius 1 is 0.831 bits per heavy atom. The van der Waals surface area contributed by atoms with Gasteiger partial charge in [-0.3, -0.25) is 32.3 Å².